The summed E-state index contributed by atoms with van der Waals surface area (Å²) in [7, 11) is 0. The number of hydrogen-bond acceptors (Lipinski definition) is 0. The third-order valence-corrected chi connectivity index (χ3v) is 3.67. The molecule has 0 aliphatic rings. The predicted molar refractivity (Wildman–Crippen MR) is 63.3 cm³/mol. The molecular formula is C12H13PRh. The molecule has 0 nitrogen and oxygen atoms in total. The van der Waals surface area contributed by atoms with E-state index in [1.54, 1.807) is 0 Å². The average Bonchev–Trinajstić information content (AvgIpc) is 2.21. The molecular weight excluding hydrogens is 278 g/mol. The summed E-state index contributed by atoms with van der Waals surface area (Å²) in [6.07, 6.45) is 0. The molecule has 0 amide bonds. The Hall–Kier alpha value is -0.507. The van der Waals surface area contributed by atoms with Crippen LogP contribution in [0.2, 0.25) is 0 Å². The second kappa shape index (κ2) is 6.07. The van der Waals surface area contributed by atoms with Crippen LogP contribution in [0.1, 0.15) is 0 Å². The fourth-order valence-corrected chi connectivity index (χ4v) is 2.76. The molecule has 14 heavy (non-hydrogen) atoms. The molecule has 2 heteroatoms. The molecule has 0 bridgehead atoms. The van der Waals surface area contributed by atoms with Crippen LogP contribution in [0.25, 0.3) is 0 Å². The van der Waals surface area contributed by atoms with Crippen LogP contribution >= 0.6 is 9.90 Å². The maximum atomic E-state index is 2.19. The van der Waals surface area contributed by atoms with Crippen LogP contribution in [0, 0.1) is 0 Å². The van der Waals surface area contributed by atoms with Gasteiger partial charge in [0.2, 0.25) is 0 Å². The molecule has 0 N–H and O–H groups in total. The Labute approximate surface area is 96.0 Å². The first-order valence-electron chi connectivity index (χ1n) is 4.15. The zero-order chi connectivity index (χ0) is 8.93. The van der Waals surface area contributed by atoms with E-state index < -0.39 is 0 Å². The molecule has 0 radical (unpaired) electrons. The summed E-state index contributed by atoms with van der Waals surface area (Å²) in [5.74, 6) is 0. The van der Waals surface area contributed by atoms with E-state index in [4.69, 9.17) is 0 Å². The predicted octanol–water partition coefficient (Wildman–Crippen LogP) is 1.78. The second-order valence-corrected chi connectivity index (χ2v) is 4.92. The summed E-state index contributed by atoms with van der Waals surface area (Å²) in [5, 5.41) is 0. The van der Waals surface area contributed by atoms with Gasteiger partial charge < -0.3 is 0 Å². The molecule has 75 valence electrons. The van der Waals surface area contributed by atoms with Crippen molar-refractivity contribution in [3.05, 3.63) is 60.7 Å². The van der Waals surface area contributed by atoms with Crippen molar-refractivity contribution >= 4 is 18.2 Å². The zero-order valence-electron chi connectivity index (χ0n) is 7.81. The summed E-state index contributed by atoms with van der Waals surface area (Å²) in [4.78, 5) is 0. The number of rotatable bonds is 2. The molecule has 2 aromatic rings. The molecule has 0 fully saturated rings. The average molecular weight is 291 g/mol. The summed E-state index contributed by atoms with van der Waals surface area (Å²) in [6, 6.07) is 21.3. The van der Waals surface area contributed by atoms with Crippen molar-refractivity contribution in [1.82, 2.24) is 0 Å². The van der Waals surface area contributed by atoms with Gasteiger partial charge in [-0.2, -0.15) is 9.90 Å². The van der Waals surface area contributed by atoms with Crippen LogP contribution in [-0.2, 0) is 17.1 Å². The summed E-state index contributed by atoms with van der Waals surface area (Å²) in [5.41, 5.74) is 0. The molecule has 2 aromatic carbocycles. The molecule has 0 aromatic heterocycles. The monoisotopic (exact) mass is 291 g/mol. The van der Waals surface area contributed by atoms with Gasteiger partial charge in [-0.1, -0.05) is 0 Å². The van der Waals surface area contributed by atoms with E-state index in [1.165, 1.54) is 8.32 Å². The minimum absolute atomic E-state index is 0. The Morgan fingerprint density at radius 2 is 0.929 bits per heavy atom. The van der Waals surface area contributed by atoms with Crippen molar-refractivity contribution in [2.45, 2.75) is 0 Å². The fourth-order valence-electron chi connectivity index (χ4n) is 1.03. The first-order valence-corrected chi connectivity index (χ1v) is 5.79. The first-order chi connectivity index (χ1) is 6.45. The minimum atomic E-state index is 0. The van der Waals surface area contributed by atoms with E-state index in [0.29, 0.717) is 17.1 Å². The third-order valence-electron chi connectivity index (χ3n) is 1.63. The van der Waals surface area contributed by atoms with Crippen molar-refractivity contribution < 1.29 is 17.1 Å². The van der Waals surface area contributed by atoms with Gasteiger partial charge in [0.05, 0.1) is 0 Å². The van der Waals surface area contributed by atoms with Crippen molar-refractivity contribution in [1.29, 1.82) is 0 Å². The van der Waals surface area contributed by atoms with Crippen molar-refractivity contribution in [2.75, 3.05) is 0 Å². The summed E-state index contributed by atoms with van der Waals surface area (Å²) < 4.78 is 2.88. The molecule has 1 atom stereocenters. The first kappa shape index (κ1) is 11.6. The molecule has 0 heterocycles. The van der Waals surface area contributed by atoms with Gasteiger partial charge in [0, 0.05) is 0 Å². The standard InChI is InChI=1S/2C6H5.H3P.Rh/c2*1-2-4-6-5-3-1;;/h2*1-5H;1H3;. The molecule has 0 spiro atoms. The van der Waals surface area contributed by atoms with Gasteiger partial charge in [0.25, 0.3) is 0 Å². The van der Waals surface area contributed by atoms with Crippen LogP contribution < -0.4 is 8.32 Å². The SMILES string of the molecule is P.c1cc[c]([Rh][c]2ccccc2)cc1. The number of benzene rings is 2. The van der Waals surface area contributed by atoms with E-state index in [0.717, 1.165) is 0 Å². The van der Waals surface area contributed by atoms with Crippen LogP contribution in [-0.4, -0.2) is 0 Å². The third kappa shape index (κ3) is 3.33. The van der Waals surface area contributed by atoms with Crippen LogP contribution in [0.15, 0.2) is 60.7 Å². The molecule has 0 aliphatic carbocycles. The van der Waals surface area contributed by atoms with Crippen molar-refractivity contribution in [2.24, 2.45) is 0 Å². The van der Waals surface area contributed by atoms with E-state index in [2.05, 4.69) is 60.7 Å². The van der Waals surface area contributed by atoms with Gasteiger partial charge in [-0.15, -0.1) is 0 Å². The van der Waals surface area contributed by atoms with Crippen LogP contribution in [0.4, 0.5) is 0 Å². The van der Waals surface area contributed by atoms with Crippen molar-refractivity contribution in [3.8, 4) is 0 Å². The van der Waals surface area contributed by atoms with Crippen LogP contribution in [0.5, 0.6) is 0 Å². The zero-order valence-corrected chi connectivity index (χ0v) is 10.9. The topological polar surface area (TPSA) is 0 Å². The Morgan fingerprint density at radius 1 is 0.571 bits per heavy atom. The van der Waals surface area contributed by atoms with Gasteiger partial charge >= 0.3 is 86.1 Å². The van der Waals surface area contributed by atoms with Gasteiger partial charge in [-0.05, 0) is 0 Å². The quantitative estimate of drug-likeness (QED) is 0.584. The van der Waals surface area contributed by atoms with Crippen LogP contribution in [0.3, 0.4) is 0 Å². The second-order valence-electron chi connectivity index (χ2n) is 2.62. The van der Waals surface area contributed by atoms with Crippen molar-refractivity contribution in [3.63, 3.8) is 0 Å². The van der Waals surface area contributed by atoms with E-state index in [-0.39, 0.29) is 9.90 Å². The maximum absolute atomic E-state index is 2.19. The van der Waals surface area contributed by atoms with E-state index >= 15 is 0 Å². The fraction of sp³-hybridized carbons (Fsp3) is 0. The van der Waals surface area contributed by atoms with Gasteiger partial charge in [0.15, 0.2) is 0 Å². The number of hydrogen-bond donors (Lipinski definition) is 0. The normalized spacial score (nSPS) is 9.43. The molecule has 0 saturated carbocycles. The molecule has 2 rings (SSSR count). The summed E-state index contributed by atoms with van der Waals surface area (Å²) in [6.45, 7) is 0. The van der Waals surface area contributed by atoms with E-state index in [1.807, 2.05) is 0 Å². The van der Waals surface area contributed by atoms with Gasteiger partial charge in [-0.25, -0.2) is 0 Å². The Kier molecular flexibility index (Phi) is 5.01. The molecule has 1 unspecified atom stereocenters. The van der Waals surface area contributed by atoms with Gasteiger partial charge in [-0.3, -0.25) is 0 Å². The van der Waals surface area contributed by atoms with Gasteiger partial charge in [0.1, 0.15) is 0 Å². The molecule has 0 aliphatic heterocycles. The Balaban J connectivity index is 0.000000980. The molecule has 0 saturated heterocycles. The summed E-state index contributed by atoms with van der Waals surface area (Å²) >= 11 is 0.393. The van der Waals surface area contributed by atoms with E-state index in [9.17, 15) is 0 Å². The Morgan fingerprint density at radius 3 is 1.29 bits per heavy atom. The Bertz CT molecular complexity index is 321.